The molecule has 19 heteroatoms. The molecule has 0 heterocycles. The Morgan fingerprint density at radius 3 is 1.42 bits per heavy atom. The zero-order valence-corrected chi connectivity index (χ0v) is 14.7. The lowest BCUT2D eigenvalue weighted by atomic mass is 11.6. The molecule has 9 nitrogen and oxygen atoms in total. The van der Waals surface area contributed by atoms with Crippen LogP contribution in [0.5, 0.6) is 0 Å². The van der Waals surface area contributed by atoms with E-state index in [9.17, 15) is 51.6 Å². The van der Waals surface area contributed by atoms with Crippen molar-refractivity contribution < 1.29 is 51.6 Å². The summed E-state index contributed by atoms with van der Waals surface area (Å²) in [6.07, 6.45) is 1.45. The van der Waals surface area contributed by atoms with E-state index < -0.39 is 52.0 Å². The van der Waals surface area contributed by atoms with Gasteiger partial charge < -0.3 is 4.13 Å². The summed E-state index contributed by atoms with van der Waals surface area (Å²) in [5.74, 6) is 0. The van der Waals surface area contributed by atoms with Gasteiger partial charge in [-0.2, -0.15) is 47.6 Å². The largest absolute Gasteiger partial charge is 0.519 e. The fourth-order valence-corrected chi connectivity index (χ4v) is 4.36. The summed E-state index contributed by atoms with van der Waals surface area (Å²) >= 11 is 0. The van der Waals surface area contributed by atoms with Gasteiger partial charge in [0.05, 0.1) is 0 Å². The first kappa shape index (κ1) is 25.5. The monoisotopic (exact) mass is 448 g/mol. The van der Waals surface area contributed by atoms with Gasteiger partial charge in [0.25, 0.3) is 0 Å². The van der Waals surface area contributed by atoms with E-state index in [1.54, 1.807) is 0 Å². The zero-order valence-electron chi connectivity index (χ0n) is 11.4. The third kappa shape index (κ3) is 8.89. The van der Waals surface area contributed by atoms with Gasteiger partial charge in [-0.1, -0.05) is 11.0 Å². The van der Waals surface area contributed by atoms with E-state index in [0.29, 0.717) is 6.26 Å². The van der Waals surface area contributed by atoms with Crippen molar-refractivity contribution in [3.05, 3.63) is 4.13 Å². The fourth-order valence-electron chi connectivity index (χ4n) is 0.506. The summed E-state index contributed by atoms with van der Waals surface area (Å²) in [7, 11) is -17.3. The molecule has 0 aliphatic carbocycles. The van der Waals surface area contributed by atoms with Crippen molar-refractivity contribution in [3.8, 4) is 0 Å². The molecule has 24 heavy (non-hydrogen) atoms. The molecule has 0 saturated heterocycles. The first-order valence-corrected chi connectivity index (χ1v) is 10.9. The molecule has 0 rings (SSSR count). The van der Waals surface area contributed by atoms with Gasteiger partial charge in [-0.05, 0) is 16.2 Å². The SMILES string of the molecule is C=NS(=O)(=O)C(F)(F)F.CS(=O)[N-]S(C)(=O)=NS(=O)(=O)C(F)(F)F. The molecule has 2 atom stereocenters. The number of sulfonamides is 2. The molecular formula is C5H8F6N3O6S4-. The van der Waals surface area contributed by atoms with Crippen LogP contribution in [0.1, 0.15) is 0 Å². The lowest BCUT2D eigenvalue weighted by Crippen LogP contribution is -2.22. The fraction of sp³-hybridized carbons (Fsp3) is 0.800. The van der Waals surface area contributed by atoms with Crippen molar-refractivity contribution in [2.24, 2.45) is 8.17 Å². The number of nitrogens with zero attached hydrogens (tertiary/aromatic N) is 3. The van der Waals surface area contributed by atoms with Crippen LogP contribution in [-0.4, -0.2) is 55.5 Å². The Labute approximate surface area is 135 Å². The molecule has 0 radical (unpaired) electrons. The second-order valence-electron chi connectivity index (χ2n) is 3.31. The van der Waals surface area contributed by atoms with Crippen molar-refractivity contribution >= 4 is 47.7 Å². The van der Waals surface area contributed by atoms with E-state index >= 15 is 0 Å². The molecule has 0 aliphatic rings. The third-order valence-corrected chi connectivity index (χ3v) is 6.58. The second-order valence-corrected chi connectivity index (χ2v) is 9.96. The van der Waals surface area contributed by atoms with Crippen LogP contribution in [0.2, 0.25) is 0 Å². The van der Waals surface area contributed by atoms with Crippen LogP contribution in [0.25, 0.3) is 4.13 Å². The van der Waals surface area contributed by atoms with Gasteiger partial charge in [0, 0.05) is 13.0 Å². The summed E-state index contributed by atoms with van der Waals surface area (Å²) in [5, 5.41) is 0. The summed E-state index contributed by atoms with van der Waals surface area (Å²) in [6.45, 7) is 2.24. The normalized spacial score (nSPS) is 17.0. The molecule has 0 amide bonds. The first-order valence-electron chi connectivity index (χ1n) is 4.59. The van der Waals surface area contributed by atoms with Gasteiger partial charge >= 0.3 is 31.1 Å². The Morgan fingerprint density at radius 1 is 0.917 bits per heavy atom. The lowest BCUT2D eigenvalue weighted by molar-refractivity contribution is -0.0440. The minimum atomic E-state index is -5.88. The zero-order chi connectivity index (χ0) is 20.2. The van der Waals surface area contributed by atoms with E-state index in [2.05, 4.69) is 14.6 Å². The first-order chi connectivity index (χ1) is 10.2. The third-order valence-electron chi connectivity index (χ3n) is 1.23. The average molecular weight is 448 g/mol. The highest BCUT2D eigenvalue weighted by Gasteiger charge is 2.46. The molecule has 146 valence electrons. The Hall–Kier alpha value is -0.790. The second kappa shape index (κ2) is 8.06. The van der Waals surface area contributed by atoms with Crippen molar-refractivity contribution in [2.75, 3.05) is 12.5 Å². The van der Waals surface area contributed by atoms with E-state index in [1.807, 2.05) is 4.40 Å². The topological polar surface area (TPSA) is 141 Å². The molecule has 0 bridgehead atoms. The van der Waals surface area contributed by atoms with Crippen LogP contribution < -0.4 is 0 Å². The molecule has 0 spiro atoms. The van der Waals surface area contributed by atoms with Crippen LogP contribution in [0.4, 0.5) is 26.3 Å². The standard InChI is InChI=1S/C3H6F3N2O4S3.C2H2F3NO2S/c1-13(9)7-14(2,10)8-15(11,12)3(4,5)6;1-6-9(7,8)2(3,4)5/h1-2H3;1H2/q-1;. The van der Waals surface area contributed by atoms with Crippen LogP contribution in [0.3, 0.4) is 0 Å². The smallest absolute Gasteiger partial charge is 0.481 e. The number of alkyl halides is 6. The number of hydrogen-bond donors (Lipinski definition) is 0. The number of rotatable bonds is 4. The Bertz CT molecular complexity index is 803. The minimum Gasteiger partial charge on any atom is -0.481 e. The quantitative estimate of drug-likeness (QED) is 0.465. The van der Waals surface area contributed by atoms with Gasteiger partial charge in [0.1, 0.15) is 0 Å². The highest BCUT2D eigenvalue weighted by atomic mass is 32.3. The predicted octanol–water partition coefficient (Wildman–Crippen LogP) is 1.05. The summed E-state index contributed by atoms with van der Waals surface area (Å²) in [5.41, 5.74) is -11.0. The lowest BCUT2D eigenvalue weighted by Gasteiger charge is -2.17. The Kier molecular flexibility index (Phi) is 8.55. The maximum absolute atomic E-state index is 11.8. The Morgan fingerprint density at radius 2 is 1.25 bits per heavy atom. The molecule has 0 fully saturated rings. The molecule has 0 N–H and O–H groups in total. The molecule has 0 aromatic rings. The van der Waals surface area contributed by atoms with Crippen molar-refractivity contribution in [1.82, 2.24) is 0 Å². The molecular weight excluding hydrogens is 440 g/mol. The van der Waals surface area contributed by atoms with Gasteiger partial charge in [-0.3, -0.25) is 8.42 Å². The maximum Gasteiger partial charge on any atom is 0.519 e. The van der Waals surface area contributed by atoms with E-state index in [4.69, 9.17) is 0 Å². The Balaban J connectivity index is 0. The average Bonchev–Trinajstić information content (AvgIpc) is 2.22. The van der Waals surface area contributed by atoms with Crippen molar-refractivity contribution in [1.29, 1.82) is 0 Å². The van der Waals surface area contributed by atoms with Crippen LogP contribution in [0.15, 0.2) is 8.17 Å². The summed E-state index contributed by atoms with van der Waals surface area (Å²) < 4.78 is 137. The molecule has 0 aromatic heterocycles. The maximum atomic E-state index is 11.8. The van der Waals surface area contributed by atoms with Crippen LogP contribution in [0, 0.1) is 0 Å². The van der Waals surface area contributed by atoms with E-state index in [-0.39, 0.29) is 0 Å². The van der Waals surface area contributed by atoms with Gasteiger partial charge in [-0.25, -0.2) is 0 Å². The van der Waals surface area contributed by atoms with Gasteiger partial charge in [-0.15, -0.1) is 3.77 Å². The van der Waals surface area contributed by atoms with Crippen LogP contribution >= 0.6 is 0 Å². The van der Waals surface area contributed by atoms with E-state index in [0.717, 1.165) is 6.26 Å². The number of halogens is 6. The molecule has 2 unspecified atom stereocenters. The predicted molar refractivity (Wildman–Crippen MR) is 73.4 cm³/mol. The molecule has 0 aliphatic heterocycles. The van der Waals surface area contributed by atoms with Gasteiger partial charge in [0.2, 0.25) is 0 Å². The molecule has 0 aromatic carbocycles. The minimum absolute atomic E-state index is 0.539. The van der Waals surface area contributed by atoms with Gasteiger partial charge in [0.15, 0.2) is 0 Å². The van der Waals surface area contributed by atoms with Crippen molar-refractivity contribution in [2.45, 2.75) is 11.0 Å². The summed E-state index contributed by atoms with van der Waals surface area (Å²) in [6, 6.07) is 0. The number of hydrogen-bond acceptors (Lipinski definition) is 6. The van der Waals surface area contributed by atoms with Crippen molar-refractivity contribution in [3.63, 3.8) is 0 Å². The highest BCUT2D eigenvalue weighted by molar-refractivity contribution is 8.13. The summed E-state index contributed by atoms with van der Waals surface area (Å²) in [4.78, 5) is 0. The van der Waals surface area contributed by atoms with E-state index in [1.165, 1.54) is 0 Å². The van der Waals surface area contributed by atoms with Crippen LogP contribution in [-0.2, 0) is 40.9 Å². The highest BCUT2D eigenvalue weighted by Crippen LogP contribution is 2.26. The molecule has 0 saturated carbocycles.